The Morgan fingerprint density at radius 2 is 2.24 bits per heavy atom. The molecule has 1 radical (unpaired) electrons. The van der Waals surface area contributed by atoms with Gasteiger partial charge < -0.3 is 10.6 Å². The van der Waals surface area contributed by atoms with E-state index in [4.69, 9.17) is 5.84 Å². The van der Waals surface area contributed by atoms with Gasteiger partial charge in [0.15, 0.2) is 0 Å². The molecule has 0 unspecified atom stereocenters. The Morgan fingerprint density at radius 1 is 1.47 bits per heavy atom. The second-order valence-electron chi connectivity index (χ2n) is 3.44. The number of anilines is 1. The maximum Gasteiger partial charge on any atom is 0.328 e. The van der Waals surface area contributed by atoms with Gasteiger partial charge in [-0.25, -0.2) is 10.6 Å². The molecule has 1 rings (SSSR count). The highest BCUT2D eigenvalue weighted by Gasteiger charge is 2.00. The van der Waals surface area contributed by atoms with E-state index < -0.39 is 6.03 Å². The predicted octanol–water partition coefficient (Wildman–Crippen LogP) is 0.161. The van der Waals surface area contributed by atoms with E-state index in [2.05, 4.69) is 16.7 Å². The first-order valence-electron chi connectivity index (χ1n) is 5.14. The van der Waals surface area contributed by atoms with Crippen molar-refractivity contribution in [1.29, 1.82) is 0 Å². The van der Waals surface area contributed by atoms with Crippen molar-refractivity contribution >= 4 is 17.6 Å². The molecule has 0 aromatic heterocycles. The Hall–Kier alpha value is -2.08. The minimum absolute atomic E-state index is 0.140. The predicted molar refractivity (Wildman–Crippen MR) is 64.0 cm³/mol. The maximum atomic E-state index is 10.9. The third-order valence-electron chi connectivity index (χ3n) is 2.01. The highest BCUT2D eigenvalue weighted by atomic mass is 16.2. The van der Waals surface area contributed by atoms with Crippen molar-refractivity contribution in [2.75, 3.05) is 11.9 Å². The molecule has 1 aromatic rings. The lowest BCUT2D eigenvalue weighted by molar-refractivity contribution is -0.114. The van der Waals surface area contributed by atoms with Gasteiger partial charge in [-0.15, -0.1) is 0 Å². The van der Waals surface area contributed by atoms with Crippen LogP contribution in [0.1, 0.15) is 12.5 Å². The van der Waals surface area contributed by atoms with Gasteiger partial charge in [-0.2, -0.15) is 0 Å². The van der Waals surface area contributed by atoms with Crippen LogP contribution in [0.4, 0.5) is 10.5 Å². The molecule has 17 heavy (non-hydrogen) atoms. The Labute approximate surface area is 99.5 Å². The zero-order chi connectivity index (χ0) is 12.7. The summed E-state index contributed by atoms with van der Waals surface area (Å²) in [4.78, 5) is 21.7. The van der Waals surface area contributed by atoms with Crippen LogP contribution in [0, 0.1) is 6.07 Å². The van der Waals surface area contributed by atoms with E-state index in [1.165, 1.54) is 6.92 Å². The van der Waals surface area contributed by atoms with Gasteiger partial charge >= 0.3 is 6.03 Å². The van der Waals surface area contributed by atoms with Crippen LogP contribution in [0.25, 0.3) is 0 Å². The molecule has 0 spiro atoms. The van der Waals surface area contributed by atoms with Crippen molar-refractivity contribution in [2.45, 2.75) is 13.3 Å². The third kappa shape index (κ3) is 4.98. The number of carbonyl (C=O) groups excluding carboxylic acids is 2. The monoisotopic (exact) mass is 235 g/mol. The fraction of sp³-hybridized carbons (Fsp3) is 0.273. The topological polar surface area (TPSA) is 96.2 Å². The molecule has 1 aromatic carbocycles. The largest absolute Gasteiger partial charge is 0.337 e. The summed E-state index contributed by atoms with van der Waals surface area (Å²) in [6, 6.07) is 7.88. The van der Waals surface area contributed by atoms with Gasteiger partial charge in [0.25, 0.3) is 0 Å². The van der Waals surface area contributed by atoms with Crippen molar-refractivity contribution in [3.05, 3.63) is 29.8 Å². The van der Waals surface area contributed by atoms with Crippen molar-refractivity contribution in [3.8, 4) is 0 Å². The van der Waals surface area contributed by atoms with Crippen molar-refractivity contribution in [1.82, 2.24) is 10.7 Å². The van der Waals surface area contributed by atoms with Crippen molar-refractivity contribution in [2.24, 2.45) is 5.84 Å². The molecule has 0 heterocycles. The molecule has 0 aliphatic carbocycles. The van der Waals surface area contributed by atoms with Gasteiger partial charge in [0, 0.05) is 25.2 Å². The molecular formula is C11H15N4O2. The SMILES string of the molecule is CC(=O)Nc1[c]ccc(CCNC(=O)NN)c1. The van der Waals surface area contributed by atoms with Crippen LogP contribution >= 0.6 is 0 Å². The van der Waals surface area contributed by atoms with E-state index in [0.717, 1.165) is 5.56 Å². The van der Waals surface area contributed by atoms with Crippen LogP contribution in [0.5, 0.6) is 0 Å². The van der Waals surface area contributed by atoms with Crippen LogP contribution in [0.3, 0.4) is 0 Å². The number of hydrazine groups is 1. The molecule has 0 aliphatic rings. The first-order valence-corrected chi connectivity index (χ1v) is 5.14. The van der Waals surface area contributed by atoms with E-state index in [1.54, 1.807) is 6.07 Å². The number of rotatable bonds is 4. The zero-order valence-corrected chi connectivity index (χ0v) is 9.54. The Morgan fingerprint density at radius 3 is 2.88 bits per heavy atom. The molecule has 5 N–H and O–H groups in total. The molecule has 0 aliphatic heterocycles. The number of carbonyl (C=O) groups is 2. The minimum atomic E-state index is -0.422. The van der Waals surface area contributed by atoms with Gasteiger partial charge in [0.1, 0.15) is 0 Å². The summed E-state index contributed by atoms with van der Waals surface area (Å²) in [7, 11) is 0. The van der Waals surface area contributed by atoms with Gasteiger partial charge in [0.05, 0.1) is 0 Å². The number of nitrogens with two attached hydrogens (primary N) is 1. The second-order valence-corrected chi connectivity index (χ2v) is 3.44. The van der Waals surface area contributed by atoms with Gasteiger partial charge in [-0.1, -0.05) is 12.1 Å². The normalized spacial score (nSPS) is 9.53. The van der Waals surface area contributed by atoms with Gasteiger partial charge in [0.2, 0.25) is 5.91 Å². The van der Waals surface area contributed by atoms with E-state index in [9.17, 15) is 9.59 Å². The molecular weight excluding hydrogens is 220 g/mol. The summed E-state index contributed by atoms with van der Waals surface area (Å²) < 4.78 is 0. The van der Waals surface area contributed by atoms with Crippen LogP contribution < -0.4 is 21.9 Å². The Bertz CT molecular complexity index is 406. The van der Waals surface area contributed by atoms with E-state index in [0.29, 0.717) is 18.7 Å². The fourth-order valence-electron chi connectivity index (χ4n) is 1.30. The van der Waals surface area contributed by atoms with E-state index in [-0.39, 0.29) is 5.91 Å². The lowest BCUT2D eigenvalue weighted by Crippen LogP contribution is -2.40. The Kier molecular flexibility index (Phi) is 4.96. The first kappa shape index (κ1) is 13.0. The summed E-state index contributed by atoms with van der Waals surface area (Å²) in [5.41, 5.74) is 3.59. The van der Waals surface area contributed by atoms with E-state index >= 15 is 0 Å². The molecule has 0 bridgehead atoms. The van der Waals surface area contributed by atoms with Crippen LogP contribution in [0.2, 0.25) is 0 Å². The van der Waals surface area contributed by atoms with Crippen LogP contribution in [-0.4, -0.2) is 18.5 Å². The van der Waals surface area contributed by atoms with Crippen molar-refractivity contribution < 1.29 is 9.59 Å². The zero-order valence-electron chi connectivity index (χ0n) is 9.54. The average Bonchev–Trinajstić information content (AvgIpc) is 2.28. The summed E-state index contributed by atoms with van der Waals surface area (Å²) >= 11 is 0. The Balaban J connectivity index is 2.48. The quantitative estimate of drug-likeness (QED) is 0.340. The average molecular weight is 235 g/mol. The highest BCUT2D eigenvalue weighted by Crippen LogP contribution is 2.09. The van der Waals surface area contributed by atoms with Crippen molar-refractivity contribution in [3.63, 3.8) is 0 Å². The molecule has 0 fully saturated rings. The van der Waals surface area contributed by atoms with Crippen LogP contribution in [-0.2, 0) is 11.2 Å². The lowest BCUT2D eigenvalue weighted by atomic mass is 10.1. The summed E-state index contributed by atoms with van der Waals surface area (Å²) in [5.74, 6) is 4.78. The number of benzene rings is 1. The lowest BCUT2D eigenvalue weighted by Gasteiger charge is -2.06. The summed E-state index contributed by atoms with van der Waals surface area (Å²) in [6.07, 6.45) is 0.648. The fourth-order valence-corrected chi connectivity index (χ4v) is 1.30. The number of nitrogens with one attached hydrogen (secondary N) is 3. The number of hydrogen-bond acceptors (Lipinski definition) is 3. The molecule has 0 saturated carbocycles. The van der Waals surface area contributed by atoms with Crippen LogP contribution in [0.15, 0.2) is 18.2 Å². The molecule has 0 saturated heterocycles. The number of hydrogen-bond donors (Lipinski definition) is 4. The molecule has 91 valence electrons. The third-order valence-corrected chi connectivity index (χ3v) is 2.01. The van der Waals surface area contributed by atoms with Gasteiger partial charge in [-0.05, 0) is 18.1 Å². The first-order chi connectivity index (χ1) is 8.11. The van der Waals surface area contributed by atoms with Gasteiger partial charge in [-0.3, -0.25) is 10.2 Å². The molecule has 6 nitrogen and oxygen atoms in total. The minimum Gasteiger partial charge on any atom is -0.337 e. The summed E-state index contributed by atoms with van der Waals surface area (Å²) in [5, 5.41) is 5.21. The molecule has 0 atom stereocenters. The molecule has 3 amide bonds. The maximum absolute atomic E-state index is 10.9. The highest BCUT2D eigenvalue weighted by molar-refractivity contribution is 5.88. The summed E-state index contributed by atoms with van der Waals surface area (Å²) in [6.45, 7) is 1.90. The standard InChI is InChI=1S/C11H15N4O2/c1-8(16)14-10-4-2-3-9(7-10)5-6-13-11(17)15-12/h2-3,7H,5-6,12H2,1H3,(H,14,16)(H2,13,15,17). The smallest absolute Gasteiger partial charge is 0.328 e. The molecule has 6 heteroatoms. The second kappa shape index (κ2) is 6.49. The van der Waals surface area contributed by atoms with E-state index in [1.807, 2.05) is 17.6 Å². The number of amides is 3. The number of urea groups is 1.